The smallest absolute Gasteiger partial charge is 0.296 e. The average molecular weight is 267 g/mol. The molecule has 1 aromatic heterocycles. The molecular weight excluding hydrogens is 254 g/mol. The number of pyridine rings is 1. The van der Waals surface area contributed by atoms with E-state index in [1.165, 1.54) is 0 Å². The van der Waals surface area contributed by atoms with Gasteiger partial charge >= 0.3 is 0 Å². The highest BCUT2D eigenvalue weighted by atomic mass is 16.2. The second kappa shape index (κ2) is 4.77. The molecule has 1 aliphatic heterocycles. The molecule has 20 heavy (non-hydrogen) atoms. The lowest BCUT2D eigenvalue weighted by atomic mass is 10.1. The summed E-state index contributed by atoms with van der Waals surface area (Å²) < 4.78 is 0. The van der Waals surface area contributed by atoms with Crippen LogP contribution in [-0.2, 0) is 11.3 Å². The van der Waals surface area contributed by atoms with Crippen LogP contribution in [0.15, 0.2) is 42.7 Å². The molecular formula is C15H13N3O2. The van der Waals surface area contributed by atoms with Gasteiger partial charge in [0.1, 0.15) is 0 Å². The van der Waals surface area contributed by atoms with Crippen LogP contribution < -0.4 is 10.2 Å². The zero-order valence-electron chi connectivity index (χ0n) is 11.0. The molecule has 5 heteroatoms. The third kappa shape index (κ3) is 2.14. The molecule has 0 atom stereocenters. The Balaban J connectivity index is 1.83. The number of nitrogens with one attached hydrogen (secondary N) is 1. The molecule has 0 saturated heterocycles. The molecule has 1 aromatic carbocycles. The SMILES string of the molecule is CN(Cc1cccnc1)c1ccc2c(c1)NC(=O)C2=O. The number of aromatic nitrogens is 1. The van der Waals surface area contributed by atoms with Gasteiger partial charge in [0.05, 0.1) is 11.3 Å². The molecule has 5 nitrogen and oxygen atoms in total. The maximum Gasteiger partial charge on any atom is 0.296 e. The predicted molar refractivity (Wildman–Crippen MR) is 75.7 cm³/mol. The fourth-order valence-electron chi connectivity index (χ4n) is 2.23. The highest BCUT2D eigenvalue weighted by molar-refractivity contribution is 6.51. The third-order valence-corrected chi connectivity index (χ3v) is 3.29. The van der Waals surface area contributed by atoms with E-state index in [-0.39, 0.29) is 0 Å². The Kier molecular flexibility index (Phi) is 2.95. The molecule has 2 heterocycles. The number of ketones is 1. The van der Waals surface area contributed by atoms with E-state index in [2.05, 4.69) is 10.3 Å². The van der Waals surface area contributed by atoms with Gasteiger partial charge in [-0.1, -0.05) is 6.07 Å². The maximum atomic E-state index is 11.5. The summed E-state index contributed by atoms with van der Waals surface area (Å²) in [6.45, 7) is 0.703. The van der Waals surface area contributed by atoms with Crippen molar-refractivity contribution in [3.63, 3.8) is 0 Å². The molecule has 2 aromatic rings. The Morgan fingerprint density at radius 2 is 2.10 bits per heavy atom. The van der Waals surface area contributed by atoms with E-state index in [9.17, 15) is 9.59 Å². The summed E-state index contributed by atoms with van der Waals surface area (Å²) in [5.74, 6) is -1.03. The van der Waals surface area contributed by atoms with E-state index >= 15 is 0 Å². The normalized spacial score (nSPS) is 13.1. The van der Waals surface area contributed by atoms with Gasteiger partial charge in [0.2, 0.25) is 0 Å². The minimum atomic E-state index is -0.563. The first-order valence-electron chi connectivity index (χ1n) is 6.25. The van der Waals surface area contributed by atoms with E-state index < -0.39 is 11.7 Å². The number of hydrogen-bond donors (Lipinski definition) is 1. The summed E-state index contributed by atoms with van der Waals surface area (Å²) in [5, 5.41) is 2.58. The Morgan fingerprint density at radius 1 is 1.25 bits per heavy atom. The number of amides is 1. The van der Waals surface area contributed by atoms with Crippen molar-refractivity contribution in [2.75, 3.05) is 17.3 Å². The number of fused-ring (bicyclic) bond motifs is 1. The zero-order chi connectivity index (χ0) is 14.1. The number of nitrogens with zero attached hydrogens (tertiary/aromatic N) is 2. The fourth-order valence-corrected chi connectivity index (χ4v) is 2.23. The van der Waals surface area contributed by atoms with E-state index in [0.29, 0.717) is 17.8 Å². The van der Waals surface area contributed by atoms with Crippen molar-refractivity contribution < 1.29 is 9.59 Å². The van der Waals surface area contributed by atoms with Crippen LogP contribution in [0.4, 0.5) is 11.4 Å². The van der Waals surface area contributed by atoms with Crippen molar-refractivity contribution in [3.05, 3.63) is 53.9 Å². The lowest BCUT2D eigenvalue weighted by Gasteiger charge is -2.19. The van der Waals surface area contributed by atoms with Gasteiger partial charge in [-0.15, -0.1) is 0 Å². The molecule has 0 radical (unpaired) electrons. The van der Waals surface area contributed by atoms with Gasteiger partial charge in [-0.05, 0) is 29.8 Å². The van der Waals surface area contributed by atoms with Crippen molar-refractivity contribution in [3.8, 4) is 0 Å². The quantitative estimate of drug-likeness (QED) is 0.862. The first-order chi connectivity index (χ1) is 9.65. The van der Waals surface area contributed by atoms with Gasteiger partial charge in [-0.3, -0.25) is 14.6 Å². The van der Waals surface area contributed by atoms with E-state index in [1.807, 2.05) is 42.4 Å². The summed E-state index contributed by atoms with van der Waals surface area (Å²) in [5.41, 5.74) is 3.04. The number of anilines is 2. The fraction of sp³-hybridized carbons (Fsp3) is 0.133. The molecule has 1 aliphatic rings. The maximum absolute atomic E-state index is 11.5. The molecule has 0 aliphatic carbocycles. The second-order valence-electron chi connectivity index (χ2n) is 4.73. The Bertz CT molecular complexity index is 683. The number of rotatable bonds is 3. The number of carbonyl (C=O) groups is 2. The van der Waals surface area contributed by atoms with Crippen LogP contribution in [0.2, 0.25) is 0 Å². The van der Waals surface area contributed by atoms with Crippen LogP contribution in [0.25, 0.3) is 0 Å². The highest BCUT2D eigenvalue weighted by Gasteiger charge is 2.28. The minimum Gasteiger partial charge on any atom is -0.370 e. The molecule has 1 amide bonds. The molecule has 0 fully saturated rings. The van der Waals surface area contributed by atoms with E-state index in [1.54, 1.807) is 12.3 Å². The van der Waals surface area contributed by atoms with Crippen molar-refractivity contribution in [2.45, 2.75) is 6.54 Å². The monoisotopic (exact) mass is 267 g/mol. The van der Waals surface area contributed by atoms with Crippen LogP contribution >= 0.6 is 0 Å². The average Bonchev–Trinajstić information content (AvgIpc) is 2.74. The number of Topliss-reactive ketones (excluding diaryl/α,β-unsaturated/α-hetero) is 1. The Hall–Kier alpha value is -2.69. The number of benzene rings is 1. The Morgan fingerprint density at radius 3 is 2.85 bits per heavy atom. The summed E-state index contributed by atoms with van der Waals surface area (Å²) in [6.07, 6.45) is 3.55. The van der Waals surface area contributed by atoms with Gasteiger partial charge in [0, 0.05) is 31.7 Å². The van der Waals surface area contributed by atoms with Crippen LogP contribution in [0, 0.1) is 0 Å². The third-order valence-electron chi connectivity index (χ3n) is 3.29. The van der Waals surface area contributed by atoms with Gasteiger partial charge in [0.25, 0.3) is 11.7 Å². The first kappa shape index (κ1) is 12.3. The van der Waals surface area contributed by atoms with E-state index in [0.717, 1.165) is 11.3 Å². The standard InChI is InChI=1S/C15H13N3O2/c1-18(9-10-3-2-6-16-8-10)11-4-5-12-13(7-11)17-15(20)14(12)19/h2-8H,9H2,1H3,(H,17,19,20). The number of carbonyl (C=O) groups excluding carboxylic acids is 2. The lowest BCUT2D eigenvalue weighted by Crippen LogP contribution is -2.16. The second-order valence-corrected chi connectivity index (χ2v) is 4.73. The molecule has 0 spiro atoms. The van der Waals surface area contributed by atoms with Crippen LogP contribution in [-0.4, -0.2) is 23.7 Å². The van der Waals surface area contributed by atoms with Crippen molar-refractivity contribution >= 4 is 23.1 Å². The first-order valence-corrected chi connectivity index (χ1v) is 6.25. The highest BCUT2D eigenvalue weighted by Crippen LogP contribution is 2.28. The lowest BCUT2D eigenvalue weighted by molar-refractivity contribution is -0.112. The molecule has 1 N–H and O–H groups in total. The molecule has 0 unspecified atom stereocenters. The summed E-state index contributed by atoms with van der Waals surface area (Å²) in [6, 6.07) is 9.24. The van der Waals surface area contributed by atoms with Gasteiger partial charge in [-0.25, -0.2) is 0 Å². The van der Waals surface area contributed by atoms with Crippen LogP contribution in [0.1, 0.15) is 15.9 Å². The minimum absolute atomic E-state index is 0.438. The van der Waals surface area contributed by atoms with Gasteiger partial charge < -0.3 is 10.2 Å². The van der Waals surface area contributed by atoms with Crippen molar-refractivity contribution in [1.29, 1.82) is 0 Å². The summed E-state index contributed by atoms with van der Waals surface area (Å²) in [4.78, 5) is 29.0. The van der Waals surface area contributed by atoms with E-state index in [4.69, 9.17) is 0 Å². The van der Waals surface area contributed by atoms with Crippen LogP contribution in [0.3, 0.4) is 0 Å². The molecule has 0 saturated carbocycles. The Labute approximate surface area is 116 Å². The van der Waals surface area contributed by atoms with Gasteiger partial charge in [0.15, 0.2) is 0 Å². The molecule has 3 rings (SSSR count). The summed E-state index contributed by atoms with van der Waals surface area (Å²) in [7, 11) is 1.95. The topological polar surface area (TPSA) is 62.3 Å². The predicted octanol–water partition coefficient (Wildman–Crippen LogP) is 1.85. The van der Waals surface area contributed by atoms with Crippen molar-refractivity contribution in [2.24, 2.45) is 0 Å². The molecule has 100 valence electrons. The van der Waals surface area contributed by atoms with Crippen molar-refractivity contribution in [1.82, 2.24) is 4.98 Å². The van der Waals surface area contributed by atoms with Crippen LogP contribution in [0.5, 0.6) is 0 Å². The summed E-state index contributed by atoms with van der Waals surface area (Å²) >= 11 is 0. The molecule has 0 bridgehead atoms. The number of hydrogen-bond acceptors (Lipinski definition) is 4. The van der Waals surface area contributed by atoms with Gasteiger partial charge in [-0.2, -0.15) is 0 Å². The zero-order valence-corrected chi connectivity index (χ0v) is 11.0. The largest absolute Gasteiger partial charge is 0.370 e.